The van der Waals surface area contributed by atoms with Crippen molar-refractivity contribution < 1.29 is 9.90 Å². The lowest BCUT2D eigenvalue weighted by molar-refractivity contribution is 0.0760. The van der Waals surface area contributed by atoms with Gasteiger partial charge in [-0.15, -0.1) is 0 Å². The summed E-state index contributed by atoms with van der Waals surface area (Å²) in [6, 6.07) is 0. The number of nitrogen functional groups attached to an aromatic ring is 1. The van der Waals surface area contributed by atoms with Crippen molar-refractivity contribution in [2.75, 3.05) is 18.8 Å². The van der Waals surface area contributed by atoms with Crippen LogP contribution in [-0.2, 0) is 0 Å². The first-order chi connectivity index (χ1) is 8.16. The summed E-state index contributed by atoms with van der Waals surface area (Å²) in [5.41, 5.74) is 7.63. The van der Waals surface area contributed by atoms with Crippen LogP contribution in [0.4, 0.5) is 5.69 Å². The number of aliphatic hydroxyl groups is 1. The third-order valence-corrected chi connectivity index (χ3v) is 3.47. The largest absolute Gasteiger partial charge is 0.395 e. The molecule has 2 fully saturated rings. The highest BCUT2D eigenvalue weighted by Gasteiger charge is 2.33. The Morgan fingerprint density at radius 2 is 2.24 bits per heavy atom. The monoisotopic (exact) mass is 236 g/mol. The molecule has 17 heavy (non-hydrogen) atoms. The number of aromatic nitrogens is 2. The lowest BCUT2D eigenvalue weighted by Crippen LogP contribution is -2.30. The van der Waals surface area contributed by atoms with Crippen LogP contribution in [0, 0.1) is 0 Å². The first-order valence-electron chi connectivity index (χ1n) is 5.98. The van der Waals surface area contributed by atoms with Crippen LogP contribution >= 0.6 is 0 Å². The second-order valence-corrected chi connectivity index (χ2v) is 4.87. The number of carbonyl (C=O) groups excluding carboxylic acids is 1. The maximum atomic E-state index is 12.1. The fourth-order valence-corrected chi connectivity index (χ4v) is 2.29. The zero-order chi connectivity index (χ0) is 12.0. The molecule has 92 valence electrons. The van der Waals surface area contributed by atoms with E-state index in [-0.39, 0.29) is 5.91 Å². The molecule has 3 rings (SSSR count). The average molecular weight is 236 g/mol. The molecule has 1 saturated heterocycles. The number of aromatic amines is 1. The third-order valence-electron chi connectivity index (χ3n) is 3.47. The second-order valence-electron chi connectivity index (χ2n) is 4.87. The lowest BCUT2D eigenvalue weighted by Gasteiger charge is -2.13. The quantitative estimate of drug-likeness (QED) is 0.677. The molecule has 0 spiro atoms. The van der Waals surface area contributed by atoms with Crippen molar-refractivity contribution in [3.8, 4) is 0 Å². The van der Waals surface area contributed by atoms with Crippen molar-refractivity contribution in [1.29, 1.82) is 0 Å². The molecule has 2 heterocycles. The lowest BCUT2D eigenvalue weighted by atomic mass is 10.2. The summed E-state index contributed by atoms with van der Waals surface area (Å²) in [4.78, 5) is 13.7. The van der Waals surface area contributed by atoms with Gasteiger partial charge in [0, 0.05) is 19.0 Å². The minimum absolute atomic E-state index is 0.179. The van der Waals surface area contributed by atoms with Gasteiger partial charge in [0.2, 0.25) is 0 Å². The number of hydrogen-bond acceptors (Lipinski definition) is 4. The Labute approximate surface area is 98.8 Å². The van der Waals surface area contributed by atoms with Crippen LogP contribution < -0.4 is 5.73 Å². The van der Waals surface area contributed by atoms with E-state index in [4.69, 9.17) is 5.73 Å². The molecule has 1 atom stereocenters. The summed E-state index contributed by atoms with van der Waals surface area (Å²) in [5, 5.41) is 16.3. The van der Waals surface area contributed by atoms with Gasteiger partial charge < -0.3 is 15.7 Å². The number of rotatable bonds is 2. The number of aliphatic hydroxyl groups excluding tert-OH is 1. The highest BCUT2D eigenvalue weighted by atomic mass is 16.3. The molecule has 0 bridgehead atoms. The molecule has 1 aliphatic heterocycles. The predicted octanol–water partition coefficient (Wildman–Crippen LogP) is 0.0761. The Bertz CT molecular complexity index is 452. The van der Waals surface area contributed by atoms with Gasteiger partial charge in [0.05, 0.1) is 17.5 Å². The number of nitrogens with zero attached hydrogens (tertiary/aromatic N) is 2. The normalized spacial score (nSPS) is 24.3. The van der Waals surface area contributed by atoms with E-state index in [1.54, 1.807) is 4.90 Å². The molecule has 6 heteroatoms. The average Bonchev–Trinajstić information content (AvgIpc) is 2.94. The Morgan fingerprint density at radius 1 is 1.47 bits per heavy atom. The standard InChI is InChI=1S/C11H16N4O2/c12-8-9(6-1-2-6)13-14-10(8)11(17)15-4-3-7(16)5-15/h6-7,16H,1-5,12H2,(H,13,14). The summed E-state index contributed by atoms with van der Waals surface area (Å²) in [6.07, 6.45) is 2.44. The van der Waals surface area contributed by atoms with E-state index in [1.165, 1.54) is 0 Å². The van der Waals surface area contributed by atoms with Crippen molar-refractivity contribution in [1.82, 2.24) is 15.1 Å². The molecule has 0 radical (unpaired) electrons. The van der Waals surface area contributed by atoms with Crippen LogP contribution in [0.2, 0.25) is 0 Å². The highest BCUT2D eigenvalue weighted by Crippen LogP contribution is 2.42. The van der Waals surface area contributed by atoms with E-state index in [0.29, 0.717) is 36.8 Å². The van der Waals surface area contributed by atoms with Gasteiger partial charge in [0.15, 0.2) is 5.69 Å². The van der Waals surface area contributed by atoms with E-state index in [0.717, 1.165) is 18.5 Å². The van der Waals surface area contributed by atoms with E-state index in [1.807, 2.05) is 0 Å². The molecule has 1 aromatic heterocycles. The Kier molecular flexibility index (Phi) is 2.32. The van der Waals surface area contributed by atoms with E-state index in [9.17, 15) is 9.90 Å². The van der Waals surface area contributed by atoms with Gasteiger partial charge in [-0.1, -0.05) is 0 Å². The number of likely N-dealkylation sites (tertiary alicyclic amines) is 1. The van der Waals surface area contributed by atoms with Crippen molar-refractivity contribution in [2.45, 2.75) is 31.3 Å². The summed E-state index contributed by atoms with van der Waals surface area (Å²) >= 11 is 0. The third kappa shape index (κ3) is 1.78. The summed E-state index contributed by atoms with van der Waals surface area (Å²) in [5.74, 6) is 0.274. The van der Waals surface area contributed by atoms with Gasteiger partial charge in [0.25, 0.3) is 5.91 Å². The fraction of sp³-hybridized carbons (Fsp3) is 0.636. The van der Waals surface area contributed by atoms with Crippen LogP contribution in [-0.4, -0.2) is 45.3 Å². The first kappa shape index (κ1) is 10.6. The Morgan fingerprint density at radius 3 is 2.82 bits per heavy atom. The van der Waals surface area contributed by atoms with Crippen LogP contribution in [0.1, 0.15) is 41.4 Å². The minimum Gasteiger partial charge on any atom is -0.395 e. The number of nitrogens with one attached hydrogen (secondary N) is 1. The molecular weight excluding hydrogens is 220 g/mol. The molecule has 4 N–H and O–H groups in total. The second kappa shape index (κ2) is 3.73. The minimum atomic E-state index is -0.415. The molecule has 2 aliphatic rings. The van der Waals surface area contributed by atoms with Crippen LogP contribution in [0.15, 0.2) is 0 Å². The maximum Gasteiger partial charge on any atom is 0.276 e. The van der Waals surface area contributed by atoms with Gasteiger partial charge in [-0.05, 0) is 19.3 Å². The molecule has 0 aromatic carbocycles. The molecular formula is C11H16N4O2. The van der Waals surface area contributed by atoms with E-state index < -0.39 is 6.10 Å². The van der Waals surface area contributed by atoms with Gasteiger partial charge in [0.1, 0.15) is 0 Å². The number of anilines is 1. The number of β-amino-alcohol motifs (C(OH)–C–C–N with tert-alkyl or cyclic N) is 1. The molecule has 1 amide bonds. The van der Waals surface area contributed by atoms with Crippen LogP contribution in [0.3, 0.4) is 0 Å². The molecule has 1 unspecified atom stereocenters. The van der Waals surface area contributed by atoms with Crippen molar-refractivity contribution in [2.24, 2.45) is 0 Å². The van der Waals surface area contributed by atoms with Gasteiger partial charge in [-0.2, -0.15) is 5.10 Å². The van der Waals surface area contributed by atoms with Crippen LogP contribution in [0.25, 0.3) is 0 Å². The van der Waals surface area contributed by atoms with Gasteiger partial charge in [-0.3, -0.25) is 9.89 Å². The zero-order valence-corrected chi connectivity index (χ0v) is 9.52. The van der Waals surface area contributed by atoms with E-state index >= 15 is 0 Å². The van der Waals surface area contributed by atoms with Gasteiger partial charge >= 0.3 is 0 Å². The summed E-state index contributed by atoms with van der Waals surface area (Å²) in [6.45, 7) is 0.953. The zero-order valence-electron chi connectivity index (χ0n) is 9.52. The predicted molar refractivity (Wildman–Crippen MR) is 61.5 cm³/mol. The molecule has 1 aliphatic carbocycles. The number of amides is 1. The molecule has 6 nitrogen and oxygen atoms in total. The summed E-state index contributed by atoms with van der Waals surface area (Å²) < 4.78 is 0. The van der Waals surface area contributed by atoms with E-state index in [2.05, 4.69) is 10.2 Å². The van der Waals surface area contributed by atoms with Crippen molar-refractivity contribution in [3.05, 3.63) is 11.4 Å². The van der Waals surface area contributed by atoms with Crippen molar-refractivity contribution in [3.63, 3.8) is 0 Å². The first-order valence-corrected chi connectivity index (χ1v) is 5.98. The van der Waals surface area contributed by atoms with Crippen molar-refractivity contribution >= 4 is 11.6 Å². The maximum absolute atomic E-state index is 12.1. The number of nitrogens with two attached hydrogens (primary N) is 1. The van der Waals surface area contributed by atoms with Gasteiger partial charge in [-0.25, -0.2) is 0 Å². The molecule has 1 aromatic rings. The Balaban J connectivity index is 1.81. The smallest absolute Gasteiger partial charge is 0.276 e. The van der Waals surface area contributed by atoms with Crippen LogP contribution in [0.5, 0.6) is 0 Å². The number of H-pyrrole nitrogens is 1. The number of hydrogen-bond donors (Lipinski definition) is 3. The topological polar surface area (TPSA) is 95.2 Å². The number of carbonyl (C=O) groups is 1. The summed E-state index contributed by atoms with van der Waals surface area (Å²) in [7, 11) is 0. The fourth-order valence-electron chi connectivity index (χ4n) is 2.29. The molecule has 1 saturated carbocycles. The Hall–Kier alpha value is -1.56. The SMILES string of the molecule is Nc1c(C(=O)N2CCC(O)C2)n[nH]c1C1CC1. The highest BCUT2D eigenvalue weighted by molar-refractivity contribution is 5.98.